The quantitative estimate of drug-likeness (QED) is 0.830. The second-order valence-electron chi connectivity index (χ2n) is 4.41. The second-order valence-corrected chi connectivity index (χ2v) is 4.41. The number of nitriles is 1. The van der Waals surface area contributed by atoms with Crippen molar-refractivity contribution in [3.8, 4) is 6.07 Å². The third-order valence-electron chi connectivity index (χ3n) is 3.12. The summed E-state index contributed by atoms with van der Waals surface area (Å²) in [6, 6.07) is 7.93. The van der Waals surface area contributed by atoms with Crippen molar-refractivity contribution in [2.24, 2.45) is 5.41 Å². The molecule has 3 rings (SSSR count). The monoisotopic (exact) mass is 214 g/mol. The van der Waals surface area contributed by atoms with Crippen molar-refractivity contribution in [1.82, 2.24) is 4.98 Å². The number of nitrogens with zero attached hydrogens (tertiary/aromatic N) is 1. The van der Waals surface area contributed by atoms with Crippen molar-refractivity contribution in [3.63, 3.8) is 0 Å². The van der Waals surface area contributed by atoms with Gasteiger partial charge in [-0.3, -0.25) is 4.98 Å². The molecule has 1 N–H and O–H groups in total. The molecule has 1 aromatic carbocycles. The highest BCUT2D eigenvalue weighted by Gasteiger charge is 2.42. The van der Waals surface area contributed by atoms with Crippen LogP contribution in [0.5, 0.6) is 0 Å². The van der Waals surface area contributed by atoms with E-state index in [1.807, 2.05) is 12.1 Å². The highest BCUT2D eigenvalue weighted by Crippen LogP contribution is 2.47. The van der Waals surface area contributed by atoms with Crippen LogP contribution in [-0.4, -0.2) is 4.98 Å². The van der Waals surface area contributed by atoms with Gasteiger partial charge in [0, 0.05) is 0 Å². The molecule has 0 unspecified atom stereocenters. The van der Waals surface area contributed by atoms with E-state index in [9.17, 15) is 4.79 Å². The zero-order chi connectivity index (χ0) is 11.2. The van der Waals surface area contributed by atoms with E-state index < -0.39 is 5.76 Å². The van der Waals surface area contributed by atoms with E-state index in [-0.39, 0.29) is 5.41 Å². The molecule has 0 bridgehead atoms. The number of hydrogen-bond donors (Lipinski definition) is 1. The summed E-state index contributed by atoms with van der Waals surface area (Å²) in [6.45, 7) is 0. The molecule has 80 valence electrons. The topological polar surface area (TPSA) is 69.8 Å². The summed E-state index contributed by atoms with van der Waals surface area (Å²) >= 11 is 0. The van der Waals surface area contributed by atoms with Gasteiger partial charge in [-0.25, -0.2) is 4.79 Å². The molecule has 1 saturated carbocycles. The largest absolute Gasteiger partial charge is 0.417 e. The van der Waals surface area contributed by atoms with Gasteiger partial charge in [-0.05, 0) is 37.0 Å². The summed E-state index contributed by atoms with van der Waals surface area (Å²) in [7, 11) is 0. The summed E-state index contributed by atoms with van der Waals surface area (Å²) in [5.41, 5.74) is 2.19. The first-order valence-corrected chi connectivity index (χ1v) is 5.24. The van der Waals surface area contributed by atoms with E-state index in [1.54, 1.807) is 6.07 Å². The van der Waals surface area contributed by atoms with Crippen molar-refractivity contribution >= 4 is 11.1 Å². The first kappa shape index (κ1) is 9.22. The zero-order valence-electron chi connectivity index (χ0n) is 8.62. The third kappa shape index (κ3) is 1.41. The van der Waals surface area contributed by atoms with Gasteiger partial charge in [0.25, 0.3) is 0 Å². The smallest absolute Gasteiger partial charge is 0.408 e. The van der Waals surface area contributed by atoms with Crippen LogP contribution in [0.25, 0.3) is 11.1 Å². The van der Waals surface area contributed by atoms with Crippen molar-refractivity contribution in [1.29, 1.82) is 5.26 Å². The van der Waals surface area contributed by atoms with Crippen LogP contribution in [0.3, 0.4) is 0 Å². The molecule has 0 amide bonds. The average Bonchev–Trinajstić information content (AvgIpc) is 2.93. The number of nitrogens with one attached hydrogen (secondary N) is 1. The maximum atomic E-state index is 11.0. The number of aromatic amines is 1. The van der Waals surface area contributed by atoms with Crippen LogP contribution in [0.4, 0.5) is 0 Å². The van der Waals surface area contributed by atoms with Crippen LogP contribution in [-0.2, 0) is 6.42 Å². The van der Waals surface area contributed by atoms with Gasteiger partial charge in [0.1, 0.15) is 0 Å². The Kier molecular flexibility index (Phi) is 1.72. The number of aromatic nitrogens is 1. The average molecular weight is 214 g/mol. The van der Waals surface area contributed by atoms with E-state index >= 15 is 0 Å². The van der Waals surface area contributed by atoms with Crippen molar-refractivity contribution < 1.29 is 4.42 Å². The lowest BCUT2D eigenvalue weighted by Gasteiger charge is -2.04. The van der Waals surface area contributed by atoms with Crippen LogP contribution in [0, 0.1) is 16.7 Å². The normalized spacial score (nSPS) is 17.2. The highest BCUT2D eigenvalue weighted by molar-refractivity contribution is 5.72. The van der Waals surface area contributed by atoms with Gasteiger partial charge in [-0.15, -0.1) is 0 Å². The van der Waals surface area contributed by atoms with E-state index in [2.05, 4.69) is 11.1 Å². The van der Waals surface area contributed by atoms with Gasteiger partial charge in [-0.2, -0.15) is 5.26 Å². The predicted molar refractivity (Wildman–Crippen MR) is 57.8 cm³/mol. The lowest BCUT2D eigenvalue weighted by molar-refractivity contribution is 0.555. The van der Waals surface area contributed by atoms with Crippen molar-refractivity contribution in [2.75, 3.05) is 0 Å². The van der Waals surface area contributed by atoms with Crippen molar-refractivity contribution in [2.45, 2.75) is 19.3 Å². The molecule has 4 nitrogen and oxygen atoms in total. The molecule has 1 heterocycles. The van der Waals surface area contributed by atoms with E-state index in [4.69, 9.17) is 9.68 Å². The molecular formula is C12H10N2O2. The molecule has 1 aromatic heterocycles. The minimum Gasteiger partial charge on any atom is -0.408 e. The second kappa shape index (κ2) is 2.99. The molecule has 1 aliphatic carbocycles. The maximum Gasteiger partial charge on any atom is 0.417 e. The molecule has 1 aliphatic rings. The predicted octanol–water partition coefficient (Wildman–Crippen LogP) is 1.97. The minimum absolute atomic E-state index is 0.155. The standard InChI is InChI=1S/C12H10N2O2/c13-7-12(3-4-12)6-8-1-2-10-9(5-8)14-11(15)16-10/h1-2,5H,3-4,6H2,(H,14,15). The Hall–Kier alpha value is -2.02. The summed E-state index contributed by atoms with van der Waals surface area (Å²) in [5, 5.41) is 9.01. The molecule has 0 saturated heterocycles. The molecular weight excluding hydrogens is 204 g/mol. The fourth-order valence-electron chi connectivity index (χ4n) is 1.98. The molecule has 4 heteroatoms. The summed E-state index contributed by atoms with van der Waals surface area (Å²) in [6.07, 6.45) is 2.71. The van der Waals surface area contributed by atoms with E-state index in [1.165, 1.54) is 0 Å². The minimum atomic E-state index is -0.437. The molecule has 16 heavy (non-hydrogen) atoms. The Morgan fingerprint density at radius 3 is 3.00 bits per heavy atom. The maximum absolute atomic E-state index is 11.0. The van der Waals surface area contributed by atoms with Gasteiger partial charge in [-0.1, -0.05) is 6.07 Å². The number of benzene rings is 1. The Bertz CT molecular complexity index is 641. The summed E-state index contributed by atoms with van der Waals surface area (Å²) in [5.74, 6) is -0.437. The summed E-state index contributed by atoms with van der Waals surface area (Å²) < 4.78 is 4.92. The number of oxazole rings is 1. The van der Waals surface area contributed by atoms with Gasteiger partial charge in [0.15, 0.2) is 5.58 Å². The zero-order valence-corrected chi connectivity index (χ0v) is 8.62. The Morgan fingerprint density at radius 2 is 2.31 bits per heavy atom. The van der Waals surface area contributed by atoms with Crippen molar-refractivity contribution in [3.05, 3.63) is 34.3 Å². The summed E-state index contributed by atoms with van der Waals surface area (Å²) in [4.78, 5) is 13.6. The first-order chi connectivity index (χ1) is 7.71. The molecule has 0 atom stereocenters. The Balaban J connectivity index is 1.99. The van der Waals surface area contributed by atoms with Gasteiger partial charge < -0.3 is 4.42 Å². The van der Waals surface area contributed by atoms with Crippen LogP contribution < -0.4 is 5.76 Å². The molecule has 0 aliphatic heterocycles. The molecule has 0 spiro atoms. The first-order valence-electron chi connectivity index (χ1n) is 5.24. The number of H-pyrrole nitrogens is 1. The lowest BCUT2D eigenvalue weighted by atomic mass is 9.98. The number of fused-ring (bicyclic) bond motifs is 1. The fraction of sp³-hybridized carbons (Fsp3) is 0.333. The van der Waals surface area contributed by atoms with Gasteiger partial charge in [0.05, 0.1) is 17.0 Å². The van der Waals surface area contributed by atoms with Crippen LogP contribution in [0.1, 0.15) is 18.4 Å². The van der Waals surface area contributed by atoms with Crippen LogP contribution in [0.2, 0.25) is 0 Å². The SMILES string of the molecule is N#CC1(Cc2ccc3oc(=O)[nH]c3c2)CC1. The van der Waals surface area contributed by atoms with E-state index in [0.29, 0.717) is 11.1 Å². The number of rotatable bonds is 2. The molecule has 1 fully saturated rings. The third-order valence-corrected chi connectivity index (χ3v) is 3.12. The number of hydrogen-bond acceptors (Lipinski definition) is 3. The Morgan fingerprint density at radius 1 is 1.50 bits per heavy atom. The molecule has 2 aromatic rings. The molecule has 0 radical (unpaired) electrons. The fourth-order valence-corrected chi connectivity index (χ4v) is 1.98. The lowest BCUT2D eigenvalue weighted by Crippen LogP contribution is -2.01. The Labute approximate surface area is 91.5 Å². The van der Waals surface area contributed by atoms with Gasteiger partial charge >= 0.3 is 5.76 Å². The van der Waals surface area contributed by atoms with Crippen LogP contribution >= 0.6 is 0 Å². The van der Waals surface area contributed by atoms with Gasteiger partial charge in [0.2, 0.25) is 0 Å². The highest BCUT2D eigenvalue weighted by atomic mass is 16.4. The van der Waals surface area contributed by atoms with Crippen LogP contribution in [0.15, 0.2) is 27.4 Å². The van der Waals surface area contributed by atoms with E-state index in [0.717, 1.165) is 24.8 Å².